The van der Waals surface area contributed by atoms with E-state index >= 15 is 0 Å². The summed E-state index contributed by atoms with van der Waals surface area (Å²) in [6, 6.07) is 12.7. The van der Waals surface area contributed by atoms with E-state index in [2.05, 4.69) is 5.16 Å². The van der Waals surface area contributed by atoms with Crippen LogP contribution < -0.4 is 0 Å². The molecule has 4 nitrogen and oxygen atoms in total. The summed E-state index contributed by atoms with van der Waals surface area (Å²) in [7, 11) is 0. The zero-order valence-corrected chi connectivity index (χ0v) is 8.79. The van der Waals surface area contributed by atoms with Gasteiger partial charge in [-0.25, -0.2) is 0 Å². The van der Waals surface area contributed by atoms with Gasteiger partial charge in [-0.2, -0.15) is 10.5 Å². The lowest BCUT2D eigenvalue weighted by Crippen LogP contribution is -1.80. The van der Waals surface area contributed by atoms with Gasteiger partial charge in [0.05, 0.1) is 23.4 Å². The standard InChI is InChI=1S/C13H7N3O/c14-8-11-3-1-2-10(6-11)7-12(9-15)13-4-5-16-17-13/h1-7H. The van der Waals surface area contributed by atoms with Crippen LogP contribution >= 0.6 is 0 Å². The third-order valence-electron chi connectivity index (χ3n) is 2.15. The van der Waals surface area contributed by atoms with Crippen molar-refractivity contribution in [3.63, 3.8) is 0 Å². The van der Waals surface area contributed by atoms with Gasteiger partial charge < -0.3 is 4.52 Å². The quantitative estimate of drug-likeness (QED) is 0.730. The number of allylic oxidation sites excluding steroid dienone is 1. The predicted molar refractivity (Wildman–Crippen MR) is 61.1 cm³/mol. The van der Waals surface area contributed by atoms with Gasteiger partial charge in [0, 0.05) is 6.07 Å². The molecule has 1 heterocycles. The molecule has 0 fully saturated rings. The predicted octanol–water partition coefficient (Wildman–Crippen LogP) is 2.61. The molecule has 2 rings (SSSR count). The third-order valence-corrected chi connectivity index (χ3v) is 2.15. The van der Waals surface area contributed by atoms with Gasteiger partial charge in [-0.1, -0.05) is 17.3 Å². The van der Waals surface area contributed by atoms with Crippen molar-refractivity contribution in [2.45, 2.75) is 0 Å². The van der Waals surface area contributed by atoms with E-state index in [1.807, 2.05) is 18.2 Å². The molecule has 0 aliphatic carbocycles. The Balaban J connectivity index is 2.41. The van der Waals surface area contributed by atoms with Crippen LogP contribution in [0.4, 0.5) is 0 Å². The monoisotopic (exact) mass is 221 g/mol. The highest BCUT2D eigenvalue weighted by atomic mass is 16.5. The van der Waals surface area contributed by atoms with Crippen LogP contribution in [0.5, 0.6) is 0 Å². The molecule has 0 spiro atoms. The molecule has 0 atom stereocenters. The molecule has 17 heavy (non-hydrogen) atoms. The molecule has 80 valence electrons. The van der Waals surface area contributed by atoms with Crippen LogP contribution in [-0.2, 0) is 0 Å². The maximum absolute atomic E-state index is 9.01. The van der Waals surface area contributed by atoms with Gasteiger partial charge in [0.25, 0.3) is 0 Å². The van der Waals surface area contributed by atoms with Crippen LogP contribution in [0.25, 0.3) is 11.6 Å². The van der Waals surface area contributed by atoms with Crippen LogP contribution in [0.3, 0.4) is 0 Å². The van der Waals surface area contributed by atoms with Crippen LogP contribution in [0, 0.1) is 22.7 Å². The first kappa shape index (κ1) is 10.7. The molecule has 0 aliphatic heterocycles. The molecule has 1 aromatic heterocycles. The number of hydrogen-bond donors (Lipinski definition) is 0. The molecule has 0 N–H and O–H groups in total. The van der Waals surface area contributed by atoms with E-state index in [4.69, 9.17) is 15.0 Å². The molecule has 2 aromatic rings. The minimum Gasteiger partial charge on any atom is -0.356 e. The lowest BCUT2D eigenvalue weighted by atomic mass is 10.1. The van der Waals surface area contributed by atoms with Gasteiger partial charge in [0.1, 0.15) is 6.07 Å². The average molecular weight is 221 g/mol. The molecule has 1 aromatic carbocycles. The summed E-state index contributed by atoms with van der Waals surface area (Å²) >= 11 is 0. The summed E-state index contributed by atoms with van der Waals surface area (Å²) < 4.78 is 4.91. The maximum Gasteiger partial charge on any atom is 0.177 e. The molecule has 0 saturated heterocycles. The summed E-state index contributed by atoms with van der Waals surface area (Å²) in [5, 5.41) is 21.3. The van der Waals surface area contributed by atoms with Gasteiger partial charge in [0.2, 0.25) is 0 Å². The lowest BCUT2D eigenvalue weighted by molar-refractivity contribution is 0.411. The molecular formula is C13H7N3O. The Bertz CT molecular complexity index is 627. The molecular weight excluding hydrogens is 214 g/mol. The fraction of sp³-hybridized carbons (Fsp3) is 0. The van der Waals surface area contributed by atoms with Crippen LogP contribution in [0.15, 0.2) is 41.1 Å². The Kier molecular flexibility index (Phi) is 3.00. The third kappa shape index (κ3) is 2.39. The highest BCUT2D eigenvalue weighted by Crippen LogP contribution is 2.17. The summed E-state index contributed by atoms with van der Waals surface area (Å²) in [6.07, 6.45) is 3.13. The second-order valence-corrected chi connectivity index (χ2v) is 3.28. The summed E-state index contributed by atoms with van der Waals surface area (Å²) in [5.74, 6) is 0.412. The summed E-state index contributed by atoms with van der Waals surface area (Å²) in [5.41, 5.74) is 1.70. The summed E-state index contributed by atoms with van der Waals surface area (Å²) in [6.45, 7) is 0. The van der Waals surface area contributed by atoms with Crippen LogP contribution in [-0.4, -0.2) is 5.16 Å². The molecule has 0 amide bonds. The van der Waals surface area contributed by atoms with E-state index < -0.39 is 0 Å². The zero-order chi connectivity index (χ0) is 12.1. The summed E-state index contributed by atoms with van der Waals surface area (Å²) in [4.78, 5) is 0. The minimum absolute atomic E-state index is 0.373. The van der Waals surface area contributed by atoms with E-state index in [1.165, 1.54) is 6.20 Å². The normalized spacial score (nSPS) is 10.6. The molecule has 0 saturated carbocycles. The van der Waals surface area contributed by atoms with Crippen molar-refractivity contribution in [1.82, 2.24) is 5.16 Å². The molecule has 0 aliphatic rings. The van der Waals surface area contributed by atoms with Crippen molar-refractivity contribution in [2.75, 3.05) is 0 Å². The fourth-order valence-corrected chi connectivity index (χ4v) is 1.38. The average Bonchev–Trinajstić information content (AvgIpc) is 2.90. The lowest BCUT2D eigenvalue weighted by Gasteiger charge is -1.95. The van der Waals surface area contributed by atoms with Crippen LogP contribution in [0.1, 0.15) is 16.9 Å². The Morgan fingerprint density at radius 3 is 2.82 bits per heavy atom. The zero-order valence-electron chi connectivity index (χ0n) is 8.79. The van der Waals surface area contributed by atoms with Gasteiger partial charge in [-0.05, 0) is 23.8 Å². The Hall–Kier alpha value is -2.85. The Morgan fingerprint density at radius 2 is 2.18 bits per heavy atom. The van der Waals surface area contributed by atoms with E-state index in [9.17, 15) is 0 Å². The topological polar surface area (TPSA) is 73.6 Å². The van der Waals surface area contributed by atoms with Gasteiger partial charge >= 0.3 is 0 Å². The van der Waals surface area contributed by atoms with E-state index in [0.29, 0.717) is 16.9 Å². The Morgan fingerprint density at radius 1 is 1.29 bits per heavy atom. The number of benzene rings is 1. The fourth-order valence-electron chi connectivity index (χ4n) is 1.38. The second kappa shape index (κ2) is 4.78. The van der Waals surface area contributed by atoms with Crippen molar-refractivity contribution in [2.24, 2.45) is 0 Å². The second-order valence-electron chi connectivity index (χ2n) is 3.28. The van der Waals surface area contributed by atoms with Gasteiger partial charge in [-0.3, -0.25) is 0 Å². The Labute approximate surface area is 98.0 Å². The number of hydrogen-bond acceptors (Lipinski definition) is 4. The van der Waals surface area contributed by atoms with E-state index in [0.717, 1.165) is 5.56 Å². The van der Waals surface area contributed by atoms with Crippen molar-refractivity contribution >= 4 is 11.6 Å². The smallest absolute Gasteiger partial charge is 0.177 e. The van der Waals surface area contributed by atoms with Gasteiger partial charge in [-0.15, -0.1) is 0 Å². The number of nitriles is 2. The van der Waals surface area contributed by atoms with E-state index in [-0.39, 0.29) is 0 Å². The SMILES string of the molecule is N#CC(=Cc1cccc(C#N)c1)c1ccno1. The molecule has 4 heteroatoms. The first-order valence-electron chi connectivity index (χ1n) is 4.86. The van der Waals surface area contributed by atoms with Gasteiger partial charge in [0.15, 0.2) is 5.76 Å². The highest BCUT2D eigenvalue weighted by Gasteiger charge is 2.04. The highest BCUT2D eigenvalue weighted by molar-refractivity contribution is 5.87. The molecule has 0 bridgehead atoms. The maximum atomic E-state index is 9.01. The van der Waals surface area contributed by atoms with Crippen molar-refractivity contribution in [1.29, 1.82) is 10.5 Å². The number of aromatic nitrogens is 1. The molecule has 0 unspecified atom stereocenters. The first-order valence-corrected chi connectivity index (χ1v) is 4.86. The molecule has 0 radical (unpaired) electrons. The first-order chi connectivity index (χ1) is 8.33. The number of nitrogens with zero attached hydrogens (tertiary/aromatic N) is 3. The van der Waals surface area contributed by atoms with Crippen LogP contribution in [0.2, 0.25) is 0 Å². The largest absolute Gasteiger partial charge is 0.356 e. The van der Waals surface area contributed by atoms with Crippen molar-refractivity contribution in [3.05, 3.63) is 53.4 Å². The van der Waals surface area contributed by atoms with Crippen molar-refractivity contribution < 1.29 is 4.52 Å². The van der Waals surface area contributed by atoms with E-state index in [1.54, 1.807) is 30.3 Å². The van der Waals surface area contributed by atoms with Crippen molar-refractivity contribution in [3.8, 4) is 12.1 Å². The minimum atomic E-state index is 0.373. The number of rotatable bonds is 2.